The molecule has 0 aromatic carbocycles. The normalized spacial score (nSPS) is 23.5. The first kappa shape index (κ1) is 9.00. The van der Waals surface area contributed by atoms with E-state index in [2.05, 4.69) is 10.5 Å². The third-order valence-electron chi connectivity index (χ3n) is 2.86. The van der Waals surface area contributed by atoms with E-state index in [0.29, 0.717) is 0 Å². The maximum atomic E-state index is 5.40. The van der Waals surface area contributed by atoms with Crippen molar-refractivity contribution >= 4 is 5.84 Å². The first-order valence-electron chi connectivity index (χ1n) is 5.36. The van der Waals surface area contributed by atoms with Crippen LogP contribution in [-0.2, 0) is 4.84 Å². The van der Waals surface area contributed by atoms with Crippen LogP contribution in [0.15, 0.2) is 4.99 Å². The summed E-state index contributed by atoms with van der Waals surface area (Å²) in [5.74, 6) is 1.85. The Hall–Kier alpha value is -0.570. The first-order chi connectivity index (χ1) is 6.45. The Labute approximate surface area is 79.5 Å². The third-order valence-corrected chi connectivity index (χ3v) is 2.86. The fourth-order valence-corrected chi connectivity index (χ4v) is 1.68. The highest BCUT2D eigenvalue weighted by atomic mass is 16.6. The zero-order valence-corrected chi connectivity index (χ0v) is 8.09. The quantitative estimate of drug-likeness (QED) is 0.676. The van der Waals surface area contributed by atoms with E-state index >= 15 is 0 Å². The molecule has 0 aromatic rings. The summed E-state index contributed by atoms with van der Waals surface area (Å²) < 4.78 is 0. The maximum absolute atomic E-state index is 5.40. The van der Waals surface area contributed by atoms with E-state index in [-0.39, 0.29) is 0 Å². The molecule has 13 heavy (non-hydrogen) atoms. The average Bonchev–Trinajstić information content (AvgIpc) is 2.11. The Morgan fingerprint density at radius 2 is 2.23 bits per heavy atom. The fraction of sp³-hybridized carbons (Fsp3) is 0.900. The lowest BCUT2D eigenvalue weighted by Crippen LogP contribution is -2.30. The van der Waals surface area contributed by atoms with Crippen LogP contribution in [0.5, 0.6) is 0 Å². The number of amidine groups is 1. The lowest BCUT2D eigenvalue weighted by atomic mass is 9.86. The van der Waals surface area contributed by atoms with E-state index in [0.717, 1.165) is 31.3 Å². The van der Waals surface area contributed by atoms with Crippen LogP contribution in [0.4, 0.5) is 0 Å². The molecule has 0 spiro atoms. The highest BCUT2D eigenvalue weighted by molar-refractivity contribution is 5.81. The Balaban J connectivity index is 1.58. The molecule has 3 heteroatoms. The number of rotatable bonds is 3. The molecule has 0 atom stereocenters. The predicted octanol–water partition coefficient (Wildman–Crippen LogP) is 1.89. The molecule has 0 bridgehead atoms. The van der Waals surface area contributed by atoms with Gasteiger partial charge in [0.05, 0.1) is 6.61 Å². The van der Waals surface area contributed by atoms with Gasteiger partial charge in [-0.25, -0.2) is 0 Å². The first-order valence-corrected chi connectivity index (χ1v) is 5.36. The zero-order chi connectivity index (χ0) is 8.93. The van der Waals surface area contributed by atoms with Crippen LogP contribution in [0, 0.1) is 5.92 Å². The summed E-state index contributed by atoms with van der Waals surface area (Å²) in [6.07, 6.45) is 7.61. The Morgan fingerprint density at radius 3 is 2.85 bits per heavy atom. The van der Waals surface area contributed by atoms with E-state index in [4.69, 9.17) is 4.84 Å². The van der Waals surface area contributed by atoms with Gasteiger partial charge in [-0.3, -0.25) is 15.3 Å². The van der Waals surface area contributed by atoms with E-state index in [9.17, 15) is 0 Å². The highest BCUT2D eigenvalue weighted by Crippen LogP contribution is 2.25. The standard InChI is InChI=1S/C10H18N2O/c1-2-7-11-10(6-1)12-13-8-9-4-3-5-9/h9H,1-8H2,(H,11,12). The van der Waals surface area contributed by atoms with Crippen LogP contribution in [-0.4, -0.2) is 19.0 Å². The molecule has 0 unspecified atom stereocenters. The smallest absolute Gasteiger partial charge is 0.120 e. The van der Waals surface area contributed by atoms with Crippen molar-refractivity contribution in [2.24, 2.45) is 10.9 Å². The lowest BCUT2D eigenvalue weighted by molar-refractivity contribution is 0.0312. The molecule has 0 radical (unpaired) electrons. The van der Waals surface area contributed by atoms with Crippen molar-refractivity contribution in [2.45, 2.75) is 38.5 Å². The number of aliphatic imine (C=N–C) groups is 1. The monoisotopic (exact) mass is 182 g/mol. The number of hydrogen-bond donors (Lipinski definition) is 1. The van der Waals surface area contributed by atoms with Crippen molar-refractivity contribution in [3.05, 3.63) is 0 Å². The molecule has 3 nitrogen and oxygen atoms in total. The van der Waals surface area contributed by atoms with Crippen molar-refractivity contribution in [1.29, 1.82) is 0 Å². The number of nitrogens with zero attached hydrogens (tertiary/aromatic N) is 1. The van der Waals surface area contributed by atoms with Crippen molar-refractivity contribution in [3.8, 4) is 0 Å². The number of nitrogens with one attached hydrogen (secondary N) is 1. The van der Waals surface area contributed by atoms with Gasteiger partial charge in [-0.05, 0) is 31.6 Å². The SMILES string of the molecule is C1CCC(NOCC2CCC2)=NC1. The molecule has 1 aliphatic heterocycles. The zero-order valence-electron chi connectivity index (χ0n) is 8.09. The van der Waals surface area contributed by atoms with E-state index in [1.54, 1.807) is 0 Å². The van der Waals surface area contributed by atoms with Crippen molar-refractivity contribution in [1.82, 2.24) is 5.48 Å². The Kier molecular flexibility index (Phi) is 3.19. The third kappa shape index (κ3) is 2.69. The van der Waals surface area contributed by atoms with Crippen LogP contribution in [0.2, 0.25) is 0 Å². The molecule has 1 aliphatic carbocycles. The fourth-order valence-electron chi connectivity index (χ4n) is 1.68. The van der Waals surface area contributed by atoms with Gasteiger partial charge < -0.3 is 0 Å². The van der Waals surface area contributed by atoms with Crippen LogP contribution in [0.25, 0.3) is 0 Å². The second-order valence-corrected chi connectivity index (χ2v) is 4.00. The van der Waals surface area contributed by atoms with Gasteiger partial charge in [-0.2, -0.15) is 0 Å². The van der Waals surface area contributed by atoms with E-state index < -0.39 is 0 Å². The van der Waals surface area contributed by atoms with Crippen molar-refractivity contribution in [3.63, 3.8) is 0 Å². The second-order valence-electron chi connectivity index (χ2n) is 4.00. The van der Waals surface area contributed by atoms with Crippen molar-refractivity contribution in [2.75, 3.05) is 13.2 Å². The summed E-state index contributed by atoms with van der Waals surface area (Å²) in [6.45, 7) is 1.83. The minimum atomic E-state index is 0.802. The van der Waals surface area contributed by atoms with Gasteiger partial charge >= 0.3 is 0 Å². The van der Waals surface area contributed by atoms with Gasteiger partial charge in [0.25, 0.3) is 0 Å². The summed E-state index contributed by atoms with van der Waals surface area (Å²) in [5.41, 5.74) is 2.97. The molecule has 0 aromatic heterocycles. The topological polar surface area (TPSA) is 33.6 Å². The maximum Gasteiger partial charge on any atom is 0.120 e. The van der Waals surface area contributed by atoms with Gasteiger partial charge in [0.15, 0.2) is 0 Å². The molecule has 2 aliphatic rings. The van der Waals surface area contributed by atoms with Gasteiger partial charge in [0, 0.05) is 13.0 Å². The Morgan fingerprint density at radius 1 is 1.31 bits per heavy atom. The van der Waals surface area contributed by atoms with Crippen LogP contribution in [0.3, 0.4) is 0 Å². The van der Waals surface area contributed by atoms with E-state index in [1.165, 1.54) is 32.1 Å². The minimum Gasteiger partial charge on any atom is -0.275 e. The summed E-state index contributed by atoms with van der Waals surface area (Å²) in [4.78, 5) is 9.75. The van der Waals surface area contributed by atoms with Gasteiger partial charge in [0.1, 0.15) is 5.84 Å². The van der Waals surface area contributed by atoms with Crippen molar-refractivity contribution < 1.29 is 4.84 Å². The van der Waals surface area contributed by atoms with Gasteiger partial charge in [-0.15, -0.1) is 0 Å². The summed E-state index contributed by atoms with van der Waals surface area (Å²) in [5, 5.41) is 0. The van der Waals surface area contributed by atoms with Crippen LogP contribution >= 0.6 is 0 Å². The van der Waals surface area contributed by atoms with E-state index in [1.807, 2.05) is 0 Å². The molecule has 74 valence electrons. The molecule has 1 fully saturated rings. The molecule has 0 saturated heterocycles. The molecular formula is C10H18N2O. The average molecular weight is 182 g/mol. The molecular weight excluding hydrogens is 164 g/mol. The van der Waals surface area contributed by atoms with Crippen LogP contribution in [0.1, 0.15) is 38.5 Å². The Bertz CT molecular complexity index is 187. The summed E-state index contributed by atoms with van der Waals surface area (Å²) in [6, 6.07) is 0. The van der Waals surface area contributed by atoms with Gasteiger partial charge in [0.2, 0.25) is 0 Å². The van der Waals surface area contributed by atoms with Crippen LogP contribution < -0.4 is 5.48 Å². The molecule has 1 heterocycles. The lowest BCUT2D eigenvalue weighted by Gasteiger charge is -2.25. The molecule has 0 amide bonds. The minimum absolute atomic E-state index is 0.802. The highest BCUT2D eigenvalue weighted by Gasteiger charge is 2.17. The molecule has 1 N–H and O–H groups in total. The predicted molar refractivity (Wildman–Crippen MR) is 52.6 cm³/mol. The summed E-state index contributed by atoms with van der Waals surface area (Å²) in [7, 11) is 0. The largest absolute Gasteiger partial charge is 0.275 e. The number of hydroxylamine groups is 1. The number of hydrogen-bond acceptors (Lipinski definition) is 3. The molecule has 1 saturated carbocycles. The van der Waals surface area contributed by atoms with Gasteiger partial charge in [-0.1, -0.05) is 6.42 Å². The second kappa shape index (κ2) is 4.61. The summed E-state index contributed by atoms with van der Waals surface area (Å²) >= 11 is 0. The molecule has 2 rings (SSSR count).